The predicted molar refractivity (Wildman–Crippen MR) is 201 cm³/mol. The van der Waals surface area contributed by atoms with Crippen LogP contribution in [-0.2, 0) is 9.59 Å². The lowest BCUT2D eigenvalue weighted by atomic mass is 9.91. The molecular formula is C43H32N2O4. The van der Waals surface area contributed by atoms with E-state index in [0.717, 1.165) is 77.8 Å². The zero-order valence-corrected chi connectivity index (χ0v) is 26.6. The largest absolute Gasteiger partial charge is 0.457 e. The number of rotatable bonds is 8. The molecule has 0 bridgehead atoms. The van der Waals surface area contributed by atoms with Gasteiger partial charge in [0, 0.05) is 22.5 Å². The Balaban J connectivity index is 1.18. The fraction of sp³-hybridized carbons (Fsp3) is 0.0233. The summed E-state index contributed by atoms with van der Waals surface area (Å²) >= 11 is 0. The molecule has 2 N–H and O–H groups in total. The van der Waals surface area contributed by atoms with Crippen LogP contribution in [0.2, 0.25) is 0 Å². The van der Waals surface area contributed by atoms with Gasteiger partial charge in [0.2, 0.25) is 18.6 Å². The van der Waals surface area contributed by atoms with E-state index in [1.165, 1.54) is 12.2 Å². The first kappa shape index (κ1) is 31.0. The van der Waals surface area contributed by atoms with Crippen LogP contribution >= 0.6 is 0 Å². The van der Waals surface area contributed by atoms with E-state index in [1.54, 1.807) is 0 Å². The number of nitrogens with one attached hydrogen (secondary N) is 2. The Labute approximate surface area is 284 Å². The Hall–Kier alpha value is -6.66. The van der Waals surface area contributed by atoms with Gasteiger partial charge < -0.3 is 20.1 Å². The monoisotopic (exact) mass is 640 g/mol. The molecule has 6 aromatic carbocycles. The highest BCUT2D eigenvalue weighted by Crippen LogP contribution is 2.47. The molecule has 0 fully saturated rings. The number of amides is 2. The average molecular weight is 641 g/mol. The van der Waals surface area contributed by atoms with E-state index in [9.17, 15) is 9.59 Å². The molecule has 0 saturated carbocycles. The second-order valence-electron chi connectivity index (χ2n) is 11.5. The standard InChI is InChI=1S/C43H32N2O4/c1-3-40(46)44-34-17-9-28(10-18-34)5-7-30-13-21-36-32(25-30)15-23-38-42(36)43-37-22-14-31(26-33(37)16-24-39(43)49-27-48-38)8-6-29-11-19-35(20-12-29)45-41(47)4-2/h3-26H,1-2,27H2,(H,44,46)(H,45,47)/b7-5-,8-6-. The zero-order valence-electron chi connectivity index (χ0n) is 26.6. The zero-order chi connectivity index (χ0) is 33.7. The van der Waals surface area contributed by atoms with Gasteiger partial charge in [-0.1, -0.05) is 98.1 Å². The second-order valence-corrected chi connectivity index (χ2v) is 11.5. The van der Waals surface area contributed by atoms with Crippen molar-refractivity contribution in [1.29, 1.82) is 0 Å². The molecule has 0 radical (unpaired) electrons. The topological polar surface area (TPSA) is 76.7 Å². The molecule has 0 aliphatic carbocycles. The third-order valence-corrected chi connectivity index (χ3v) is 8.35. The summed E-state index contributed by atoms with van der Waals surface area (Å²) in [5.74, 6) is 1.09. The van der Waals surface area contributed by atoms with Crippen molar-refractivity contribution in [1.82, 2.24) is 0 Å². The number of ether oxygens (including phenoxy) is 2. The fourth-order valence-corrected chi connectivity index (χ4v) is 5.90. The molecule has 1 aliphatic rings. The molecule has 0 spiro atoms. The van der Waals surface area contributed by atoms with Crippen LogP contribution in [0.5, 0.6) is 11.5 Å². The van der Waals surface area contributed by atoms with Crippen molar-refractivity contribution in [2.75, 3.05) is 17.4 Å². The van der Waals surface area contributed by atoms with Crippen LogP contribution in [0.4, 0.5) is 11.4 Å². The van der Waals surface area contributed by atoms with E-state index in [2.05, 4.69) is 84.5 Å². The number of fused-ring (bicyclic) bond motifs is 7. The minimum absolute atomic E-state index is 0.130. The van der Waals surface area contributed by atoms with Crippen molar-refractivity contribution >= 4 is 69.0 Å². The number of hydrogen-bond donors (Lipinski definition) is 2. The van der Waals surface area contributed by atoms with Crippen LogP contribution in [-0.4, -0.2) is 18.6 Å². The lowest BCUT2D eigenvalue weighted by molar-refractivity contribution is -0.112. The molecule has 0 saturated heterocycles. The number of carbonyl (C=O) groups excluding carboxylic acids is 2. The molecule has 49 heavy (non-hydrogen) atoms. The number of benzene rings is 6. The van der Waals surface area contributed by atoms with Crippen LogP contribution in [0.15, 0.2) is 135 Å². The molecule has 0 unspecified atom stereocenters. The van der Waals surface area contributed by atoms with Gasteiger partial charge in [-0.25, -0.2) is 0 Å². The molecule has 1 aliphatic heterocycles. The Kier molecular flexibility index (Phi) is 8.59. The van der Waals surface area contributed by atoms with E-state index in [4.69, 9.17) is 9.47 Å². The summed E-state index contributed by atoms with van der Waals surface area (Å²) in [5, 5.41) is 9.87. The highest BCUT2D eigenvalue weighted by Gasteiger charge is 2.22. The van der Waals surface area contributed by atoms with Gasteiger partial charge in [0.25, 0.3) is 0 Å². The average Bonchev–Trinajstić information content (AvgIpc) is 3.33. The molecule has 238 valence electrons. The normalized spacial score (nSPS) is 12.1. The van der Waals surface area contributed by atoms with Gasteiger partial charge in [0.1, 0.15) is 11.5 Å². The van der Waals surface area contributed by atoms with Crippen LogP contribution in [0.3, 0.4) is 0 Å². The Morgan fingerprint density at radius 3 is 1.31 bits per heavy atom. The lowest BCUT2D eigenvalue weighted by Crippen LogP contribution is -2.06. The number of hydrogen-bond acceptors (Lipinski definition) is 4. The summed E-state index contributed by atoms with van der Waals surface area (Å²) < 4.78 is 12.2. The summed E-state index contributed by atoms with van der Waals surface area (Å²) in [6.07, 6.45) is 10.8. The first-order valence-corrected chi connectivity index (χ1v) is 15.8. The van der Waals surface area contributed by atoms with Gasteiger partial charge in [-0.3, -0.25) is 9.59 Å². The summed E-state index contributed by atoms with van der Waals surface area (Å²) in [7, 11) is 0. The van der Waals surface area contributed by atoms with Crippen molar-refractivity contribution in [2.45, 2.75) is 0 Å². The molecule has 6 nitrogen and oxygen atoms in total. The van der Waals surface area contributed by atoms with Crippen LogP contribution < -0.4 is 20.1 Å². The molecule has 0 aromatic heterocycles. The third kappa shape index (κ3) is 6.75. The highest BCUT2D eigenvalue weighted by molar-refractivity contribution is 6.10. The van der Waals surface area contributed by atoms with E-state index in [0.29, 0.717) is 0 Å². The Bertz CT molecular complexity index is 2150. The SMILES string of the molecule is C=CC(=O)Nc1ccc(/C=C\c2ccc3c4c(ccc3c2)OCOc2ccc3cc(/C=C\c5ccc(NC(=O)C=C)cc5)ccc3c2-4)cc1. The molecular weight excluding hydrogens is 608 g/mol. The van der Waals surface area contributed by atoms with Crippen LogP contribution in [0.1, 0.15) is 22.3 Å². The van der Waals surface area contributed by atoms with Gasteiger partial charge in [0.15, 0.2) is 0 Å². The van der Waals surface area contributed by atoms with Gasteiger partial charge >= 0.3 is 0 Å². The summed E-state index contributed by atoms with van der Waals surface area (Å²) in [5.41, 5.74) is 7.63. The maximum Gasteiger partial charge on any atom is 0.247 e. The van der Waals surface area contributed by atoms with Gasteiger partial charge in [-0.15, -0.1) is 0 Å². The van der Waals surface area contributed by atoms with E-state index >= 15 is 0 Å². The number of anilines is 2. The highest BCUT2D eigenvalue weighted by atomic mass is 16.7. The third-order valence-electron chi connectivity index (χ3n) is 8.35. The summed E-state index contributed by atoms with van der Waals surface area (Å²) in [6.45, 7) is 7.11. The Morgan fingerprint density at radius 1 is 0.510 bits per heavy atom. The van der Waals surface area contributed by atoms with Gasteiger partial charge in [0.05, 0.1) is 0 Å². The molecule has 2 amide bonds. The fourth-order valence-electron chi connectivity index (χ4n) is 5.90. The molecule has 7 rings (SSSR count). The summed E-state index contributed by atoms with van der Waals surface area (Å²) in [6, 6.07) is 36.4. The van der Waals surface area contributed by atoms with Gasteiger partial charge in [-0.2, -0.15) is 0 Å². The first-order chi connectivity index (χ1) is 24.0. The maximum absolute atomic E-state index is 11.6. The predicted octanol–water partition coefficient (Wildman–Crippen LogP) is 9.98. The maximum atomic E-state index is 11.6. The van der Waals surface area contributed by atoms with E-state index < -0.39 is 0 Å². The van der Waals surface area contributed by atoms with Crippen molar-refractivity contribution in [3.63, 3.8) is 0 Å². The summed E-state index contributed by atoms with van der Waals surface area (Å²) in [4.78, 5) is 23.1. The molecule has 1 heterocycles. The smallest absolute Gasteiger partial charge is 0.247 e. The second kappa shape index (κ2) is 13.6. The quantitative estimate of drug-likeness (QED) is 0.128. The molecule has 6 heteroatoms. The van der Waals surface area contributed by atoms with Crippen molar-refractivity contribution < 1.29 is 19.1 Å². The first-order valence-electron chi connectivity index (χ1n) is 15.8. The van der Waals surface area contributed by atoms with E-state index in [1.807, 2.05) is 72.8 Å². The van der Waals surface area contributed by atoms with Gasteiger partial charge in [-0.05, 0) is 104 Å². The van der Waals surface area contributed by atoms with Crippen LogP contribution in [0.25, 0.3) is 57.0 Å². The minimum Gasteiger partial charge on any atom is -0.457 e. The van der Waals surface area contributed by atoms with E-state index in [-0.39, 0.29) is 18.6 Å². The van der Waals surface area contributed by atoms with Crippen molar-refractivity contribution in [3.8, 4) is 22.6 Å². The molecule has 0 atom stereocenters. The minimum atomic E-state index is -0.236. The van der Waals surface area contributed by atoms with Crippen molar-refractivity contribution in [2.24, 2.45) is 0 Å². The molecule has 6 aromatic rings. The lowest BCUT2D eigenvalue weighted by Gasteiger charge is -2.14. The van der Waals surface area contributed by atoms with Crippen LogP contribution in [0, 0.1) is 0 Å². The van der Waals surface area contributed by atoms with Crippen molar-refractivity contribution in [3.05, 3.63) is 157 Å². The number of carbonyl (C=O) groups is 2. The Morgan fingerprint density at radius 2 is 0.898 bits per heavy atom.